The number of benzene rings is 2. The zero-order valence-corrected chi connectivity index (χ0v) is 16.1. The molecular weight excluding hydrogens is 384 g/mol. The molecule has 0 fully saturated rings. The number of ether oxygens (including phenoxy) is 2. The molecule has 0 bridgehead atoms. The molecule has 1 amide bonds. The molecule has 0 aliphatic carbocycles. The first kappa shape index (κ1) is 19.0. The van der Waals surface area contributed by atoms with Crippen molar-refractivity contribution >= 4 is 27.5 Å². The lowest BCUT2D eigenvalue weighted by Crippen LogP contribution is -2.25. The average Bonchev–Trinajstić information content (AvgIpc) is 2.65. The minimum Gasteiger partial charge on any atom is -0.497 e. The van der Waals surface area contributed by atoms with Crippen molar-refractivity contribution < 1.29 is 14.3 Å². The Balaban J connectivity index is 1.89. The highest BCUT2D eigenvalue weighted by Gasteiger charge is 2.07. The number of carbonyl (C=O) groups excluding carboxylic acids is 1. The van der Waals surface area contributed by atoms with Gasteiger partial charge in [-0.05, 0) is 58.6 Å². The van der Waals surface area contributed by atoms with Crippen LogP contribution in [0, 0.1) is 0 Å². The molecule has 132 valence electrons. The Morgan fingerprint density at radius 3 is 2.52 bits per heavy atom. The maximum absolute atomic E-state index is 11.9. The largest absolute Gasteiger partial charge is 0.497 e. The molecule has 1 N–H and O–H groups in total. The van der Waals surface area contributed by atoms with Crippen LogP contribution in [0.15, 0.2) is 52.0 Å². The van der Waals surface area contributed by atoms with Crippen LogP contribution in [-0.2, 0) is 11.2 Å². The first-order chi connectivity index (χ1) is 12.0. The lowest BCUT2D eigenvalue weighted by molar-refractivity contribution is -0.123. The Morgan fingerprint density at radius 2 is 1.92 bits per heavy atom. The quantitative estimate of drug-likeness (QED) is 0.561. The minimum atomic E-state index is -0.327. The monoisotopic (exact) mass is 404 g/mol. The van der Waals surface area contributed by atoms with Crippen LogP contribution in [0.4, 0.5) is 0 Å². The van der Waals surface area contributed by atoms with Crippen LogP contribution < -0.4 is 14.9 Å². The first-order valence-corrected chi connectivity index (χ1v) is 8.71. The maximum Gasteiger partial charge on any atom is 0.277 e. The molecule has 0 heterocycles. The molecule has 0 radical (unpaired) electrons. The first-order valence-electron chi connectivity index (χ1n) is 7.92. The molecule has 0 aliphatic rings. The van der Waals surface area contributed by atoms with Crippen LogP contribution >= 0.6 is 15.9 Å². The van der Waals surface area contributed by atoms with Gasteiger partial charge in [-0.15, -0.1) is 0 Å². The van der Waals surface area contributed by atoms with Crippen LogP contribution in [-0.4, -0.2) is 25.3 Å². The second kappa shape index (κ2) is 9.22. The second-order valence-corrected chi connectivity index (χ2v) is 6.22. The summed E-state index contributed by atoms with van der Waals surface area (Å²) in [6.45, 7) is 3.83. The molecular formula is C19H21BrN2O3. The van der Waals surface area contributed by atoms with Crippen LogP contribution in [0.1, 0.15) is 25.0 Å². The summed E-state index contributed by atoms with van der Waals surface area (Å²) < 4.78 is 11.3. The number of carbonyl (C=O) groups is 1. The lowest BCUT2D eigenvalue weighted by Gasteiger charge is -2.09. The smallest absolute Gasteiger partial charge is 0.277 e. The van der Waals surface area contributed by atoms with Gasteiger partial charge in [0.25, 0.3) is 5.91 Å². The molecule has 5 nitrogen and oxygen atoms in total. The van der Waals surface area contributed by atoms with Crippen molar-refractivity contribution in [2.24, 2.45) is 5.10 Å². The van der Waals surface area contributed by atoms with Crippen molar-refractivity contribution in [3.8, 4) is 11.5 Å². The molecule has 0 atom stereocenters. The number of halogens is 1. The van der Waals surface area contributed by atoms with Crippen molar-refractivity contribution in [2.45, 2.75) is 20.3 Å². The van der Waals surface area contributed by atoms with E-state index in [0.717, 1.165) is 22.2 Å². The highest BCUT2D eigenvalue weighted by Crippen LogP contribution is 2.28. The zero-order valence-electron chi connectivity index (χ0n) is 14.5. The van der Waals surface area contributed by atoms with Gasteiger partial charge < -0.3 is 9.47 Å². The summed E-state index contributed by atoms with van der Waals surface area (Å²) in [7, 11) is 1.59. The van der Waals surface area contributed by atoms with Gasteiger partial charge in [-0.25, -0.2) is 5.43 Å². The zero-order chi connectivity index (χ0) is 18.2. The number of aryl methyl sites for hydroxylation is 1. The number of hydrogen-bond acceptors (Lipinski definition) is 4. The molecule has 0 unspecified atom stereocenters. The molecule has 25 heavy (non-hydrogen) atoms. The third-order valence-corrected chi connectivity index (χ3v) is 4.25. The van der Waals surface area contributed by atoms with Gasteiger partial charge in [0.2, 0.25) is 0 Å². The Kier molecular flexibility index (Phi) is 7.01. The van der Waals surface area contributed by atoms with E-state index in [4.69, 9.17) is 9.47 Å². The summed E-state index contributed by atoms with van der Waals surface area (Å²) >= 11 is 3.38. The van der Waals surface area contributed by atoms with Crippen molar-refractivity contribution in [1.29, 1.82) is 0 Å². The van der Waals surface area contributed by atoms with E-state index in [2.05, 4.69) is 45.5 Å². The normalized spacial score (nSPS) is 11.1. The topological polar surface area (TPSA) is 59.9 Å². The van der Waals surface area contributed by atoms with Crippen LogP contribution in [0.3, 0.4) is 0 Å². The average molecular weight is 405 g/mol. The number of methoxy groups -OCH3 is 1. The van der Waals surface area contributed by atoms with Gasteiger partial charge in [0.1, 0.15) is 11.5 Å². The van der Waals surface area contributed by atoms with Crippen LogP contribution in [0.2, 0.25) is 0 Å². The predicted octanol–water partition coefficient (Wildman–Crippen LogP) is 3.94. The van der Waals surface area contributed by atoms with E-state index in [1.54, 1.807) is 25.3 Å². The Labute approximate surface area is 156 Å². The molecule has 0 saturated carbocycles. The van der Waals surface area contributed by atoms with E-state index in [0.29, 0.717) is 11.5 Å². The van der Waals surface area contributed by atoms with E-state index in [1.165, 1.54) is 5.56 Å². The lowest BCUT2D eigenvalue weighted by atomic mass is 10.1. The van der Waals surface area contributed by atoms with Crippen molar-refractivity contribution in [3.05, 3.63) is 58.1 Å². The van der Waals surface area contributed by atoms with Gasteiger partial charge in [-0.1, -0.05) is 31.2 Å². The van der Waals surface area contributed by atoms with E-state index >= 15 is 0 Å². The fraction of sp³-hybridized carbons (Fsp3) is 0.263. The summed E-state index contributed by atoms with van der Waals surface area (Å²) in [5, 5.41) is 4.12. The van der Waals surface area contributed by atoms with Crippen LogP contribution in [0.25, 0.3) is 0 Å². The van der Waals surface area contributed by atoms with Gasteiger partial charge in [-0.3, -0.25) is 4.79 Å². The van der Waals surface area contributed by atoms with Gasteiger partial charge in [-0.2, -0.15) is 5.10 Å². The third-order valence-electron chi connectivity index (χ3n) is 3.63. The third kappa shape index (κ3) is 5.60. The molecule has 0 spiro atoms. The molecule has 0 aromatic heterocycles. The number of rotatable bonds is 7. The predicted molar refractivity (Wildman–Crippen MR) is 102 cm³/mol. The van der Waals surface area contributed by atoms with E-state index in [1.807, 2.05) is 19.1 Å². The maximum atomic E-state index is 11.9. The highest BCUT2D eigenvalue weighted by atomic mass is 79.9. The number of amides is 1. The summed E-state index contributed by atoms with van der Waals surface area (Å²) in [4.78, 5) is 11.9. The van der Waals surface area contributed by atoms with Gasteiger partial charge in [0, 0.05) is 0 Å². The Bertz CT molecular complexity index is 758. The van der Waals surface area contributed by atoms with Gasteiger partial charge >= 0.3 is 0 Å². The molecule has 0 aliphatic heterocycles. The van der Waals surface area contributed by atoms with Crippen molar-refractivity contribution in [1.82, 2.24) is 5.43 Å². The molecule has 2 aromatic carbocycles. The van der Waals surface area contributed by atoms with Gasteiger partial charge in [0.05, 0.1) is 17.3 Å². The van der Waals surface area contributed by atoms with E-state index in [-0.39, 0.29) is 12.5 Å². The summed E-state index contributed by atoms with van der Waals surface area (Å²) in [6, 6.07) is 13.4. The van der Waals surface area contributed by atoms with E-state index < -0.39 is 0 Å². The molecule has 6 heteroatoms. The Morgan fingerprint density at radius 1 is 1.20 bits per heavy atom. The van der Waals surface area contributed by atoms with Crippen LogP contribution in [0.5, 0.6) is 11.5 Å². The fourth-order valence-corrected chi connectivity index (χ4v) is 2.57. The fourth-order valence-electron chi connectivity index (χ4n) is 2.09. The summed E-state index contributed by atoms with van der Waals surface area (Å²) in [5.74, 6) is 0.942. The number of nitrogens with zero attached hydrogens (tertiary/aromatic N) is 1. The number of nitrogens with one attached hydrogen (secondary N) is 1. The molecule has 0 saturated heterocycles. The van der Waals surface area contributed by atoms with E-state index in [9.17, 15) is 4.79 Å². The SMILES string of the molecule is CCc1ccc(C(C)=NNC(=O)COc2ccc(OC)cc2Br)cc1. The number of hydrogen-bond donors (Lipinski definition) is 1. The number of hydrazone groups is 1. The summed E-state index contributed by atoms with van der Waals surface area (Å²) in [6.07, 6.45) is 0.992. The van der Waals surface area contributed by atoms with Crippen molar-refractivity contribution in [2.75, 3.05) is 13.7 Å². The molecule has 2 rings (SSSR count). The van der Waals surface area contributed by atoms with Gasteiger partial charge in [0.15, 0.2) is 6.61 Å². The minimum absolute atomic E-state index is 0.128. The second-order valence-electron chi connectivity index (χ2n) is 5.37. The van der Waals surface area contributed by atoms with Crippen molar-refractivity contribution in [3.63, 3.8) is 0 Å². The molecule has 2 aromatic rings. The standard InChI is InChI=1S/C19H21BrN2O3/c1-4-14-5-7-15(8-6-14)13(2)21-22-19(23)12-25-18-10-9-16(24-3)11-17(18)20/h5-11H,4,12H2,1-3H3,(H,22,23). The highest BCUT2D eigenvalue weighted by molar-refractivity contribution is 9.10. The Hall–Kier alpha value is -2.34. The summed E-state index contributed by atoms with van der Waals surface area (Å²) in [5.41, 5.74) is 5.48.